The molecule has 0 bridgehead atoms. The minimum Gasteiger partial charge on any atom is -0.457 e. The van der Waals surface area contributed by atoms with Crippen LogP contribution in [0.15, 0.2) is 64.1 Å². The van der Waals surface area contributed by atoms with Crippen LogP contribution in [0, 0.1) is 0 Å². The van der Waals surface area contributed by atoms with E-state index in [0.717, 1.165) is 11.3 Å². The average Bonchev–Trinajstić information content (AvgIpc) is 3.16. The zero-order chi connectivity index (χ0) is 14.7. The number of carbonyl (C=O) groups excluding carboxylic acids is 1. The molecular formula is C15H12BrN3O2. The maximum atomic E-state index is 12.1. The van der Waals surface area contributed by atoms with E-state index in [9.17, 15) is 4.79 Å². The predicted molar refractivity (Wildman–Crippen MR) is 81.1 cm³/mol. The van der Waals surface area contributed by atoms with Gasteiger partial charge in [0.15, 0.2) is 4.67 Å². The summed E-state index contributed by atoms with van der Waals surface area (Å²) >= 11 is 3.20. The molecule has 0 radical (unpaired) electrons. The molecule has 1 amide bonds. The zero-order valence-corrected chi connectivity index (χ0v) is 12.6. The SMILES string of the molecule is O=C(NCc1ccccc1-n1cccn1)c1ccoc1Br. The van der Waals surface area contributed by atoms with Crippen molar-refractivity contribution in [1.29, 1.82) is 0 Å². The number of nitrogens with one attached hydrogen (secondary N) is 1. The zero-order valence-electron chi connectivity index (χ0n) is 11.0. The van der Waals surface area contributed by atoms with Crippen molar-refractivity contribution < 1.29 is 9.21 Å². The molecule has 2 heterocycles. The van der Waals surface area contributed by atoms with Crippen LogP contribution < -0.4 is 5.32 Å². The van der Waals surface area contributed by atoms with Crippen LogP contribution in [0.25, 0.3) is 5.69 Å². The first kappa shape index (κ1) is 13.6. The van der Waals surface area contributed by atoms with Gasteiger partial charge in [-0.05, 0) is 39.7 Å². The first-order valence-electron chi connectivity index (χ1n) is 6.35. The molecule has 0 unspecified atom stereocenters. The van der Waals surface area contributed by atoms with Crippen molar-refractivity contribution in [2.45, 2.75) is 6.54 Å². The molecule has 0 saturated heterocycles. The summed E-state index contributed by atoms with van der Waals surface area (Å²) in [7, 11) is 0. The number of nitrogens with zero attached hydrogens (tertiary/aromatic N) is 2. The highest BCUT2D eigenvalue weighted by atomic mass is 79.9. The number of aromatic nitrogens is 2. The van der Waals surface area contributed by atoms with Crippen molar-refractivity contribution in [1.82, 2.24) is 15.1 Å². The Labute approximate surface area is 129 Å². The Morgan fingerprint density at radius 3 is 2.86 bits per heavy atom. The van der Waals surface area contributed by atoms with Crippen molar-refractivity contribution in [3.05, 3.63) is 70.9 Å². The Bertz CT molecular complexity index is 750. The Balaban J connectivity index is 1.77. The number of para-hydroxylation sites is 1. The Morgan fingerprint density at radius 1 is 1.29 bits per heavy atom. The normalized spacial score (nSPS) is 10.5. The lowest BCUT2D eigenvalue weighted by Crippen LogP contribution is -2.23. The molecule has 3 rings (SSSR count). The Morgan fingerprint density at radius 2 is 2.14 bits per heavy atom. The second-order valence-corrected chi connectivity index (χ2v) is 5.09. The van der Waals surface area contributed by atoms with Gasteiger partial charge in [0.25, 0.3) is 5.91 Å². The molecule has 0 aliphatic rings. The first-order valence-corrected chi connectivity index (χ1v) is 7.14. The molecule has 0 saturated carbocycles. The quantitative estimate of drug-likeness (QED) is 0.789. The van der Waals surface area contributed by atoms with E-state index >= 15 is 0 Å². The molecule has 0 spiro atoms. The van der Waals surface area contributed by atoms with E-state index in [1.165, 1.54) is 6.26 Å². The maximum absolute atomic E-state index is 12.1. The van der Waals surface area contributed by atoms with E-state index in [4.69, 9.17) is 4.42 Å². The van der Waals surface area contributed by atoms with Gasteiger partial charge in [0.1, 0.15) is 0 Å². The van der Waals surface area contributed by atoms with Crippen molar-refractivity contribution >= 4 is 21.8 Å². The van der Waals surface area contributed by atoms with Gasteiger partial charge in [0.2, 0.25) is 0 Å². The lowest BCUT2D eigenvalue weighted by molar-refractivity contribution is 0.0949. The standard InChI is InChI=1S/C15H12BrN3O2/c16-14-12(6-9-21-14)15(20)17-10-11-4-1-2-5-13(11)19-8-3-7-18-19/h1-9H,10H2,(H,17,20). The van der Waals surface area contributed by atoms with Crippen LogP contribution in [0.5, 0.6) is 0 Å². The second-order valence-electron chi connectivity index (χ2n) is 4.37. The molecule has 0 fully saturated rings. The molecule has 0 aliphatic carbocycles. The maximum Gasteiger partial charge on any atom is 0.256 e. The highest BCUT2D eigenvalue weighted by Crippen LogP contribution is 2.18. The van der Waals surface area contributed by atoms with Gasteiger partial charge in [-0.15, -0.1) is 0 Å². The Hall–Kier alpha value is -2.34. The molecule has 0 aliphatic heterocycles. The van der Waals surface area contributed by atoms with Gasteiger partial charge < -0.3 is 9.73 Å². The molecule has 5 nitrogen and oxygen atoms in total. The summed E-state index contributed by atoms with van der Waals surface area (Å²) in [6, 6.07) is 11.3. The lowest BCUT2D eigenvalue weighted by Gasteiger charge is -2.10. The minimum atomic E-state index is -0.189. The highest BCUT2D eigenvalue weighted by molar-refractivity contribution is 9.10. The summed E-state index contributed by atoms with van der Waals surface area (Å²) in [6.45, 7) is 0.409. The van der Waals surface area contributed by atoms with E-state index in [0.29, 0.717) is 16.8 Å². The minimum absolute atomic E-state index is 0.189. The fourth-order valence-corrected chi connectivity index (χ4v) is 2.44. The summed E-state index contributed by atoms with van der Waals surface area (Å²) < 4.78 is 7.27. The largest absolute Gasteiger partial charge is 0.457 e. The molecule has 1 N–H and O–H groups in total. The predicted octanol–water partition coefficient (Wildman–Crippen LogP) is 3.16. The summed E-state index contributed by atoms with van der Waals surface area (Å²) in [5, 5.41) is 7.09. The third kappa shape index (κ3) is 2.90. The Kier molecular flexibility index (Phi) is 3.87. The van der Waals surface area contributed by atoms with E-state index in [1.54, 1.807) is 16.9 Å². The van der Waals surface area contributed by atoms with Crippen molar-refractivity contribution in [2.75, 3.05) is 0 Å². The van der Waals surface area contributed by atoms with E-state index in [-0.39, 0.29) is 5.91 Å². The first-order chi connectivity index (χ1) is 10.3. The summed E-state index contributed by atoms with van der Waals surface area (Å²) in [4.78, 5) is 12.1. The number of hydrogen-bond acceptors (Lipinski definition) is 3. The van der Waals surface area contributed by atoms with Gasteiger partial charge in [-0.25, -0.2) is 4.68 Å². The third-order valence-corrected chi connectivity index (χ3v) is 3.66. The van der Waals surface area contributed by atoms with Crippen molar-refractivity contribution in [3.8, 4) is 5.69 Å². The average molecular weight is 346 g/mol. The molecule has 1 aromatic carbocycles. The monoisotopic (exact) mass is 345 g/mol. The van der Waals surface area contributed by atoms with Crippen LogP contribution in [-0.2, 0) is 6.54 Å². The molecular weight excluding hydrogens is 334 g/mol. The van der Waals surface area contributed by atoms with Gasteiger partial charge in [-0.3, -0.25) is 4.79 Å². The number of furan rings is 1. The molecule has 21 heavy (non-hydrogen) atoms. The number of amides is 1. The van der Waals surface area contributed by atoms with Gasteiger partial charge in [-0.2, -0.15) is 5.10 Å². The summed E-state index contributed by atoms with van der Waals surface area (Å²) in [5.41, 5.74) is 2.40. The number of benzene rings is 1. The van der Waals surface area contributed by atoms with Crippen LogP contribution >= 0.6 is 15.9 Å². The fraction of sp³-hybridized carbons (Fsp3) is 0.0667. The van der Waals surface area contributed by atoms with Crippen LogP contribution in [0.4, 0.5) is 0 Å². The van der Waals surface area contributed by atoms with E-state index < -0.39 is 0 Å². The van der Waals surface area contributed by atoms with Gasteiger partial charge in [0, 0.05) is 18.9 Å². The number of rotatable bonds is 4. The van der Waals surface area contributed by atoms with Crippen LogP contribution in [0.1, 0.15) is 15.9 Å². The molecule has 2 aromatic heterocycles. The van der Waals surface area contributed by atoms with E-state index in [1.807, 2.05) is 36.5 Å². The number of halogens is 1. The molecule has 106 valence electrons. The summed E-state index contributed by atoms with van der Waals surface area (Å²) in [6.07, 6.45) is 5.06. The van der Waals surface area contributed by atoms with E-state index in [2.05, 4.69) is 26.3 Å². The van der Waals surface area contributed by atoms with Crippen LogP contribution in [-0.4, -0.2) is 15.7 Å². The highest BCUT2D eigenvalue weighted by Gasteiger charge is 2.13. The smallest absolute Gasteiger partial charge is 0.256 e. The molecule has 6 heteroatoms. The fourth-order valence-electron chi connectivity index (χ4n) is 2.02. The number of hydrogen-bond donors (Lipinski definition) is 1. The van der Waals surface area contributed by atoms with Crippen molar-refractivity contribution in [3.63, 3.8) is 0 Å². The lowest BCUT2D eigenvalue weighted by atomic mass is 10.1. The molecule has 3 aromatic rings. The number of carbonyl (C=O) groups is 1. The van der Waals surface area contributed by atoms with Gasteiger partial charge in [0.05, 0.1) is 17.5 Å². The third-order valence-electron chi connectivity index (χ3n) is 3.04. The van der Waals surface area contributed by atoms with Gasteiger partial charge >= 0.3 is 0 Å². The van der Waals surface area contributed by atoms with Crippen molar-refractivity contribution in [2.24, 2.45) is 0 Å². The van der Waals surface area contributed by atoms with Crippen LogP contribution in [0.3, 0.4) is 0 Å². The van der Waals surface area contributed by atoms with Crippen LogP contribution in [0.2, 0.25) is 0 Å². The van der Waals surface area contributed by atoms with Gasteiger partial charge in [-0.1, -0.05) is 18.2 Å². The molecule has 0 atom stereocenters. The topological polar surface area (TPSA) is 60.1 Å². The summed E-state index contributed by atoms with van der Waals surface area (Å²) in [5.74, 6) is -0.189. The second kappa shape index (κ2) is 5.97.